The van der Waals surface area contributed by atoms with Crippen LogP contribution < -0.4 is 0 Å². The van der Waals surface area contributed by atoms with Crippen LogP contribution in [0.3, 0.4) is 0 Å². The van der Waals surface area contributed by atoms with Crippen molar-refractivity contribution in [1.29, 1.82) is 0 Å². The van der Waals surface area contributed by atoms with E-state index in [9.17, 15) is 9.59 Å². The minimum atomic E-state index is 0.446. The molecule has 1 fully saturated rings. The van der Waals surface area contributed by atoms with E-state index in [2.05, 4.69) is 83.9 Å². The molecule has 3 nitrogen and oxygen atoms in total. The molecule has 5 radical (unpaired) electrons. The molecule has 0 heterocycles. The Bertz CT molecular complexity index is 605. The molecule has 2 rings (SSSR count). The quantitative estimate of drug-likeness (QED) is 0.223. The SMILES string of the molecule is CC(C)c1cccc(C(C)C)c1[N]=[Ta].C[C]1[C](C)[C](C)[C](C)[C]1C.O=[C-]CCCC[C-]=O. The van der Waals surface area contributed by atoms with Crippen molar-refractivity contribution >= 4 is 18.3 Å². The van der Waals surface area contributed by atoms with Crippen molar-refractivity contribution in [2.45, 2.75) is 99.8 Å². The molecule has 1 aromatic rings. The van der Waals surface area contributed by atoms with Gasteiger partial charge in [0.1, 0.15) is 0 Å². The van der Waals surface area contributed by atoms with E-state index in [1.54, 1.807) is 12.6 Å². The van der Waals surface area contributed by atoms with Gasteiger partial charge in [0.05, 0.1) is 0 Å². The van der Waals surface area contributed by atoms with Gasteiger partial charge in [0.15, 0.2) is 0 Å². The first-order valence-electron chi connectivity index (χ1n) is 11.4. The van der Waals surface area contributed by atoms with Crippen molar-refractivity contribution < 1.29 is 30.5 Å². The molecule has 176 valence electrons. The molecule has 0 spiro atoms. The zero-order valence-corrected chi connectivity index (χ0v) is 24.6. The summed E-state index contributed by atoms with van der Waals surface area (Å²) in [4.78, 5) is 19.1. The van der Waals surface area contributed by atoms with E-state index in [1.165, 1.54) is 46.4 Å². The number of hydrogen-bond donors (Lipinski definition) is 0. The maximum absolute atomic E-state index is 9.54. The number of benzene rings is 1. The van der Waals surface area contributed by atoms with Gasteiger partial charge in [0.2, 0.25) is 0 Å². The van der Waals surface area contributed by atoms with Crippen molar-refractivity contribution in [2.24, 2.45) is 3.34 Å². The second-order valence-electron chi connectivity index (χ2n) is 8.82. The third-order valence-electron chi connectivity index (χ3n) is 6.06. The molecular weight excluding hydrogens is 563 g/mol. The van der Waals surface area contributed by atoms with E-state index in [4.69, 9.17) is 0 Å². The van der Waals surface area contributed by atoms with Crippen molar-refractivity contribution in [3.05, 3.63) is 58.9 Å². The molecule has 4 heteroatoms. The smallest absolute Gasteiger partial charge is 0.0130 e. The average Bonchev–Trinajstić information content (AvgIpc) is 2.94. The van der Waals surface area contributed by atoms with E-state index in [0.717, 1.165) is 33.7 Å². The van der Waals surface area contributed by atoms with Gasteiger partial charge in [-0.2, -0.15) is 12.8 Å². The molecule has 1 aromatic carbocycles. The molecule has 0 aliphatic heterocycles. The van der Waals surface area contributed by atoms with Gasteiger partial charge in [0.25, 0.3) is 0 Å². The van der Waals surface area contributed by atoms with E-state index in [1.807, 2.05) is 0 Å². The molecule has 0 unspecified atom stereocenters. The first-order valence-corrected chi connectivity index (χ1v) is 12.9. The fourth-order valence-corrected chi connectivity index (χ4v) is 4.26. The third-order valence-corrected chi connectivity index (χ3v) is 6.78. The standard InChI is InChI=1S/C12H17N.C10H15.C6H8O2.Ta/c1-8(2)10-6-5-7-11(9(3)4)12(10)13;1-6-7(2)9(4)10(5)8(6)3;7-5-3-1-2-4-6-8;/h5-9H,1-4H3;1-5H3;1-4H2;/q;;-2;. The maximum Gasteiger partial charge on any atom is -0.0130 e. The maximum atomic E-state index is 9.54. The fourth-order valence-electron chi connectivity index (χ4n) is 3.43. The summed E-state index contributed by atoms with van der Waals surface area (Å²) in [7, 11) is 0. The van der Waals surface area contributed by atoms with Crippen molar-refractivity contribution in [2.75, 3.05) is 0 Å². The van der Waals surface area contributed by atoms with Gasteiger partial charge >= 0.3 is 98.8 Å². The summed E-state index contributed by atoms with van der Waals surface area (Å²) in [6.45, 7) is 19.9. The van der Waals surface area contributed by atoms with Gasteiger partial charge in [0, 0.05) is 0 Å². The molecule has 0 aromatic heterocycles. The molecule has 32 heavy (non-hydrogen) atoms. The zero-order chi connectivity index (χ0) is 24.8. The van der Waals surface area contributed by atoms with Gasteiger partial charge < -0.3 is 9.59 Å². The summed E-state index contributed by atoms with van der Waals surface area (Å²) in [6, 6.07) is 6.55. The van der Waals surface area contributed by atoms with Crippen LogP contribution in [0.15, 0.2) is 21.5 Å². The van der Waals surface area contributed by atoms with Crippen LogP contribution in [0.5, 0.6) is 0 Å². The minimum Gasteiger partial charge on any atom is -0.542 e. The topological polar surface area (TPSA) is 46.5 Å². The van der Waals surface area contributed by atoms with E-state index >= 15 is 0 Å². The van der Waals surface area contributed by atoms with Crippen LogP contribution in [0.2, 0.25) is 0 Å². The molecule has 1 aliphatic carbocycles. The largest absolute Gasteiger partial charge is 0.542 e. The average molecular weight is 604 g/mol. The van der Waals surface area contributed by atoms with Gasteiger partial charge in [-0.3, -0.25) is 12.6 Å². The van der Waals surface area contributed by atoms with Crippen LogP contribution in [0, 0.1) is 29.6 Å². The number of unbranched alkanes of at least 4 members (excludes halogenated alkanes) is 3. The molecule has 1 aliphatic rings. The Morgan fingerprint density at radius 3 is 1.25 bits per heavy atom. The first-order chi connectivity index (χ1) is 15.0. The van der Waals surface area contributed by atoms with Gasteiger partial charge in [-0.1, -0.05) is 47.5 Å². The van der Waals surface area contributed by atoms with Gasteiger partial charge in [-0.15, -0.1) is 0 Å². The van der Waals surface area contributed by atoms with Crippen LogP contribution >= 0.6 is 0 Å². The number of nitrogens with zero attached hydrogens (tertiary/aromatic N) is 1. The summed E-state index contributed by atoms with van der Waals surface area (Å²) in [5.74, 6) is 8.47. The van der Waals surface area contributed by atoms with Gasteiger partial charge in [-0.25, -0.2) is 0 Å². The van der Waals surface area contributed by atoms with Crippen LogP contribution in [-0.2, 0) is 30.5 Å². The Balaban J connectivity index is 0.000000472. The number of carbonyl (C=O) groups excluding carboxylic acids is 2. The van der Waals surface area contributed by atoms with Crippen LogP contribution in [0.4, 0.5) is 5.69 Å². The minimum absolute atomic E-state index is 0.446. The number of rotatable bonds is 8. The van der Waals surface area contributed by atoms with Crippen LogP contribution in [-0.4, -0.2) is 12.6 Å². The van der Waals surface area contributed by atoms with Crippen LogP contribution in [0.25, 0.3) is 0 Å². The first kappa shape index (κ1) is 31.1. The zero-order valence-electron chi connectivity index (χ0n) is 21.4. The third kappa shape index (κ3) is 9.93. The monoisotopic (exact) mass is 603 g/mol. The Morgan fingerprint density at radius 1 is 0.719 bits per heavy atom. The second kappa shape index (κ2) is 16.7. The number of hydrogen-bond acceptors (Lipinski definition) is 3. The second-order valence-corrected chi connectivity index (χ2v) is 9.53. The summed E-state index contributed by atoms with van der Waals surface area (Å²) < 4.78 is 4.52. The van der Waals surface area contributed by atoms with Gasteiger partial charge in [-0.05, 0) is 29.6 Å². The fraction of sp³-hybridized carbons (Fsp3) is 0.536. The Labute approximate surface area is 210 Å². The summed E-state index contributed by atoms with van der Waals surface area (Å²) in [6.07, 6.45) is 5.91. The summed E-state index contributed by atoms with van der Waals surface area (Å²) in [5.41, 5.74) is 4.02. The molecule has 0 amide bonds. The predicted octanol–water partition coefficient (Wildman–Crippen LogP) is 8.03. The summed E-state index contributed by atoms with van der Waals surface area (Å²) >= 11 is 1.09. The Hall–Kier alpha value is -0.900. The molecule has 0 saturated heterocycles. The van der Waals surface area contributed by atoms with E-state index < -0.39 is 0 Å². The Morgan fingerprint density at radius 2 is 1.03 bits per heavy atom. The van der Waals surface area contributed by atoms with Crippen molar-refractivity contribution in [3.8, 4) is 0 Å². The molecule has 0 N–H and O–H groups in total. The predicted molar refractivity (Wildman–Crippen MR) is 131 cm³/mol. The van der Waals surface area contributed by atoms with Crippen LogP contribution in [0.1, 0.15) is 111 Å². The molecule has 0 atom stereocenters. The van der Waals surface area contributed by atoms with E-state index in [-0.39, 0.29) is 0 Å². The molecule has 1 saturated carbocycles. The van der Waals surface area contributed by atoms with Crippen molar-refractivity contribution in [3.63, 3.8) is 0 Å². The molecular formula is C28H40NO2Ta-2. The van der Waals surface area contributed by atoms with Crippen molar-refractivity contribution in [1.82, 2.24) is 0 Å². The molecule has 0 bridgehead atoms. The normalized spacial score (nSPS) is 15.8. The Kier molecular flexibility index (Phi) is 16.2. The summed E-state index contributed by atoms with van der Waals surface area (Å²) in [5, 5.41) is 0. The van der Waals surface area contributed by atoms with E-state index in [0.29, 0.717) is 24.7 Å².